The van der Waals surface area contributed by atoms with E-state index in [0.29, 0.717) is 6.61 Å². The smallest absolute Gasteiger partial charge is 0.191 e. The predicted octanol–water partition coefficient (Wildman–Crippen LogP) is 3.25. The molecule has 0 aliphatic heterocycles. The van der Waals surface area contributed by atoms with Crippen LogP contribution in [0.4, 0.5) is 0 Å². The van der Waals surface area contributed by atoms with Gasteiger partial charge in [-0.2, -0.15) is 5.10 Å². The first-order valence-corrected chi connectivity index (χ1v) is 10.5. The van der Waals surface area contributed by atoms with Crippen molar-refractivity contribution in [2.45, 2.75) is 46.5 Å². The van der Waals surface area contributed by atoms with E-state index in [0.717, 1.165) is 68.5 Å². The van der Waals surface area contributed by atoms with Crippen LogP contribution in [0.5, 0.6) is 11.5 Å². The fourth-order valence-electron chi connectivity index (χ4n) is 3.07. The third-order valence-electron chi connectivity index (χ3n) is 4.62. The Bertz CT molecular complexity index is 757. The molecule has 160 valence electrons. The second kappa shape index (κ2) is 12.7. The van der Waals surface area contributed by atoms with Crippen LogP contribution in [0, 0.1) is 6.92 Å². The van der Waals surface area contributed by atoms with Gasteiger partial charge in [-0.3, -0.25) is 10.1 Å². The summed E-state index contributed by atoms with van der Waals surface area (Å²) in [5.41, 5.74) is 3.66. The summed E-state index contributed by atoms with van der Waals surface area (Å²) in [4.78, 5) is 4.69. The summed E-state index contributed by atoms with van der Waals surface area (Å²) >= 11 is 0. The van der Waals surface area contributed by atoms with E-state index in [1.165, 1.54) is 11.1 Å². The van der Waals surface area contributed by atoms with Crippen molar-refractivity contribution in [1.82, 2.24) is 20.8 Å². The van der Waals surface area contributed by atoms with E-state index in [2.05, 4.69) is 46.8 Å². The SMILES string of the molecule is CCNC(=NCCCc1ccc(OC)c(OCC)c1)NCCCc1cn[nH]c1C. The number of ether oxygens (including phenoxy) is 2. The van der Waals surface area contributed by atoms with Crippen molar-refractivity contribution in [3.63, 3.8) is 0 Å². The average Bonchev–Trinajstić information content (AvgIpc) is 3.13. The zero-order valence-electron chi connectivity index (χ0n) is 18.2. The fourth-order valence-corrected chi connectivity index (χ4v) is 3.07. The molecule has 0 atom stereocenters. The number of guanidine groups is 1. The molecule has 0 spiro atoms. The van der Waals surface area contributed by atoms with Crippen LogP contribution in [0.25, 0.3) is 0 Å². The molecule has 1 aromatic carbocycles. The number of aryl methyl sites for hydroxylation is 3. The van der Waals surface area contributed by atoms with Crippen molar-refractivity contribution in [3.8, 4) is 11.5 Å². The molecule has 1 aromatic heterocycles. The highest BCUT2D eigenvalue weighted by atomic mass is 16.5. The summed E-state index contributed by atoms with van der Waals surface area (Å²) in [6, 6.07) is 6.12. The zero-order chi connectivity index (χ0) is 20.9. The van der Waals surface area contributed by atoms with Gasteiger partial charge in [-0.05, 0) is 69.7 Å². The number of nitrogens with one attached hydrogen (secondary N) is 3. The molecule has 1 heterocycles. The van der Waals surface area contributed by atoms with Crippen LogP contribution in [-0.2, 0) is 12.8 Å². The Labute approximate surface area is 174 Å². The summed E-state index contributed by atoms with van der Waals surface area (Å²) in [6.45, 7) is 9.25. The minimum atomic E-state index is 0.627. The first kappa shape index (κ1) is 22.6. The minimum Gasteiger partial charge on any atom is -0.493 e. The lowest BCUT2D eigenvalue weighted by molar-refractivity contribution is 0.310. The van der Waals surface area contributed by atoms with Gasteiger partial charge >= 0.3 is 0 Å². The number of nitrogens with zero attached hydrogens (tertiary/aromatic N) is 2. The summed E-state index contributed by atoms with van der Waals surface area (Å²) < 4.78 is 11.0. The van der Waals surface area contributed by atoms with E-state index in [1.54, 1.807) is 7.11 Å². The molecule has 2 rings (SSSR count). The van der Waals surface area contributed by atoms with Crippen LogP contribution in [-0.4, -0.2) is 49.5 Å². The van der Waals surface area contributed by atoms with Crippen LogP contribution in [0.15, 0.2) is 29.4 Å². The number of benzene rings is 1. The zero-order valence-corrected chi connectivity index (χ0v) is 18.2. The van der Waals surface area contributed by atoms with Crippen LogP contribution in [0.1, 0.15) is 43.5 Å². The van der Waals surface area contributed by atoms with Gasteiger partial charge in [0, 0.05) is 25.3 Å². The number of aromatic nitrogens is 2. The Hall–Kier alpha value is -2.70. The Morgan fingerprint density at radius 2 is 2.00 bits per heavy atom. The molecule has 7 nitrogen and oxygen atoms in total. The van der Waals surface area contributed by atoms with E-state index in [9.17, 15) is 0 Å². The molecule has 7 heteroatoms. The molecule has 0 unspecified atom stereocenters. The largest absolute Gasteiger partial charge is 0.493 e. The Morgan fingerprint density at radius 1 is 1.14 bits per heavy atom. The first-order chi connectivity index (χ1) is 14.2. The van der Waals surface area contributed by atoms with E-state index in [4.69, 9.17) is 14.5 Å². The Balaban J connectivity index is 1.76. The quantitative estimate of drug-likeness (QED) is 0.289. The molecule has 3 N–H and O–H groups in total. The molecule has 0 aliphatic carbocycles. The van der Waals surface area contributed by atoms with E-state index in [-0.39, 0.29) is 0 Å². The number of hydrogen-bond donors (Lipinski definition) is 3. The van der Waals surface area contributed by atoms with Gasteiger partial charge in [0.2, 0.25) is 0 Å². The molecular formula is C22H35N5O2. The molecule has 0 bridgehead atoms. The molecule has 29 heavy (non-hydrogen) atoms. The highest BCUT2D eigenvalue weighted by molar-refractivity contribution is 5.79. The van der Waals surface area contributed by atoms with Crippen molar-refractivity contribution in [2.75, 3.05) is 33.4 Å². The van der Waals surface area contributed by atoms with Gasteiger partial charge in [0.25, 0.3) is 0 Å². The van der Waals surface area contributed by atoms with E-state index < -0.39 is 0 Å². The van der Waals surface area contributed by atoms with Crippen LogP contribution < -0.4 is 20.1 Å². The minimum absolute atomic E-state index is 0.627. The molecule has 0 amide bonds. The highest BCUT2D eigenvalue weighted by Crippen LogP contribution is 2.28. The number of methoxy groups -OCH3 is 1. The summed E-state index contributed by atoms with van der Waals surface area (Å²) in [6.07, 6.45) is 5.88. The van der Waals surface area contributed by atoms with Gasteiger partial charge in [-0.1, -0.05) is 6.07 Å². The topological polar surface area (TPSA) is 83.6 Å². The number of rotatable bonds is 12. The van der Waals surface area contributed by atoms with Gasteiger partial charge in [0.15, 0.2) is 17.5 Å². The highest BCUT2D eigenvalue weighted by Gasteiger charge is 2.05. The monoisotopic (exact) mass is 401 g/mol. The van der Waals surface area contributed by atoms with Crippen molar-refractivity contribution in [1.29, 1.82) is 0 Å². The van der Waals surface area contributed by atoms with E-state index in [1.807, 2.05) is 19.2 Å². The van der Waals surface area contributed by atoms with Gasteiger partial charge < -0.3 is 20.1 Å². The third kappa shape index (κ3) is 7.68. The summed E-state index contributed by atoms with van der Waals surface area (Å²) in [5, 5.41) is 13.8. The molecule has 2 aromatic rings. The second-order valence-electron chi connectivity index (χ2n) is 6.83. The van der Waals surface area contributed by atoms with Crippen LogP contribution >= 0.6 is 0 Å². The summed E-state index contributed by atoms with van der Waals surface area (Å²) in [7, 11) is 1.66. The van der Waals surface area contributed by atoms with Crippen LogP contribution in [0.2, 0.25) is 0 Å². The first-order valence-electron chi connectivity index (χ1n) is 10.5. The fraction of sp³-hybridized carbons (Fsp3) is 0.545. The Morgan fingerprint density at radius 3 is 2.69 bits per heavy atom. The number of aromatic amines is 1. The van der Waals surface area contributed by atoms with Crippen LogP contribution in [0.3, 0.4) is 0 Å². The third-order valence-corrected chi connectivity index (χ3v) is 4.62. The lowest BCUT2D eigenvalue weighted by Gasteiger charge is -2.12. The molecule has 0 saturated heterocycles. The van der Waals surface area contributed by atoms with Crippen molar-refractivity contribution in [2.24, 2.45) is 4.99 Å². The predicted molar refractivity (Wildman–Crippen MR) is 118 cm³/mol. The normalized spacial score (nSPS) is 11.4. The molecule has 0 saturated carbocycles. The Kier molecular flexibility index (Phi) is 9.89. The number of H-pyrrole nitrogens is 1. The average molecular weight is 402 g/mol. The lowest BCUT2D eigenvalue weighted by atomic mass is 10.1. The van der Waals surface area contributed by atoms with E-state index >= 15 is 0 Å². The molecule has 0 fully saturated rings. The molecule has 0 aliphatic rings. The van der Waals surface area contributed by atoms with Crippen molar-refractivity contribution >= 4 is 5.96 Å². The van der Waals surface area contributed by atoms with Gasteiger partial charge in [-0.25, -0.2) is 0 Å². The lowest BCUT2D eigenvalue weighted by Crippen LogP contribution is -2.38. The second-order valence-corrected chi connectivity index (χ2v) is 6.83. The molecule has 0 radical (unpaired) electrons. The van der Waals surface area contributed by atoms with Crippen molar-refractivity contribution in [3.05, 3.63) is 41.2 Å². The maximum Gasteiger partial charge on any atom is 0.191 e. The van der Waals surface area contributed by atoms with Gasteiger partial charge in [0.1, 0.15) is 0 Å². The summed E-state index contributed by atoms with van der Waals surface area (Å²) in [5.74, 6) is 2.46. The van der Waals surface area contributed by atoms with Gasteiger partial charge in [-0.15, -0.1) is 0 Å². The van der Waals surface area contributed by atoms with Gasteiger partial charge in [0.05, 0.1) is 19.9 Å². The van der Waals surface area contributed by atoms with Crippen molar-refractivity contribution < 1.29 is 9.47 Å². The number of hydrogen-bond acceptors (Lipinski definition) is 4. The maximum atomic E-state index is 5.66. The standard InChI is InChI=1S/C22H35N5O2/c1-5-23-22(25-14-8-10-19-16-26-27-17(19)3)24-13-7-9-18-11-12-20(28-4)21(15-18)29-6-2/h11-12,15-16H,5-10,13-14H2,1-4H3,(H,26,27)(H2,23,24,25). The number of aliphatic imine (C=N–C) groups is 1. The molecular weight excluding hydrogens is 366 g/mol. The maximum absolute atomic E-state index is 5.66.